The molecule has 2 aromatic rings. The van der Waals surface area contributed by atoms with Crippen LogP contribution in [-0.4, -0.2) is 46.3 Å². The molecule has 0 saturated heterocycles. The average Bonchev–Trinajstić information content (AvgIpc) is 2.56. The lowest BCUT2D eigenvalue weighted by atomic mass is 10.1. The first-order valence-electron chi connectivity index (χ1n) is 7.22. The van der Waals surface area contributed by atoms with Crippen LogP contribution in [-0.2, 0) is 25.9 Å². The van der Waals surface area contributed by atoms with Crippen molar-refractivity contribution in [3.63, 3.8) is 0 Å². The number of anilines is 1. The molecule has 0 spiro atoms. The summed E-state index contributed by atoms with van der Waals surface area (Å²) < 4.78 is 47.0. The van der Waals surface area contributed by atoms with Crippen molar-refractivity contribution in [2.75, 3.05) is 16.3 Å². The summed E-state index contributed by atoms with van der Waals surface area (Å²) in [5.41, 5.74) is 1.58. The van der Waals surface area contributed by atoms with Crippen LogP contribution in [0.25, 0.3) is 10.8 Å². The van der Waals surface area contributed by atoms with Crippen molar-refractivity contribution < 1.29 is 27.2 Å². The number of hydrogen-bond acceptors (Lipinski definition) is 6. The van der Waals surface area contributed by atoms with Gasteiger partial charge in [-0.2, -0.15) is 0 Å². The van der Waals surface area contributed by atoms with Crippen LogP contribution in [0.15, 0.2) is 42.5 Å². The summed E-state index contributed by atoms with van der Waals surface area (Å²) in [7, 11) is -3.43. The van der Waals surface area contributed by atoms with E-state index in [0.717, 1.165) is 21.3 Å². The summed E-state index contributed by atoms with van der Waals surface area (Å²) in [6.45, 7) is 0. The number of hydroxylamine groups is 1. The fraction of sp³-hybridized carbons (Fsp3) is 0.267. The third-order valence-corrected chi connectivity index (χ3v) is 5.37. The molecule has 2 N–H and O–H groups in total. The molecule has 2 rings (SSSR count). The SMILES string of the molecule is CS(=O)(=O)CCC(C(=O)NO)N(c1ccc2ccccc2c1)S(=O)[O-]. The number of benzene rings is 2. The Bertz CT molecular complexity index is 900. The largest absolute Gasteiger partial charge is 0.755 e. The Morgan fingerprint density at radius 3 is 2.48 bits per heavy atom. The highest BCUT2D eigenvalue weighted by atomic mass is 32.2. The van der Waals surface area contributed by atoms with E-state index in [9.17, 15) is 22.0 Å². The van der Waals surface area contributed by atoms with Gasteiger partial charge in [-0.3, -0.25) is 18.5 Å². The standard InChI is InChI=1S/C15H18N2O6S2/c1-25(22,23)9-8-14(15(18)16-19)17(24(20)21)13-7-6-11-4-2-3-5-12(11)10-13/h2-7,10,14,19H,8-9H2,1H3,(H,16,18)(H,20,21)/p-1. The van der Waals surface area contributed by atoms with Crippen LogP contribution in [0.3, 0.4) is 0 Å². The molecule has 0 heterocycles. The van der Waals surface area contributed by atoms with Crippen molar-refractivity contribution >= 4 is 43.5 Å². The fourth-order valence-electron chi connectivity index (χ4n) is 2.44. The number of nitrogens with one attached hydrogen (secondary N) is 1. The number of sulfone groups is 1. The molecule has 2 unspecified atom stereocenters. The zero-order valence-corrected chi connectivity index (χ0v) is 14.9. The first-order chi connectivity index (χ1) is 11.7. The van der Waals surface area contributed by atoms with Gasteiger partial charge >= 0.3 is 0 Å². The molecule has 2 atom stereocenters. The van der Waals surface area contributed by atoms with E-state index in [1.165, 1.54) is 11.5 Å². The average molecular weight is 385 g/mol. The summed E-state index contributed by atoms with van der Waals surface area (Å²) in [6, 6.07) is 10.6. The second kappa shape index (κ2) is 7.91. The number of carbonyl (C=O) groups excluding carboxylic acids is 1. The quantitative estimate of drug-likeness (QED) is 0.411. The Labute approximate surface area is 147 Å². The summed E-state index contributed by atoms with van der Waals surface area (Å²) >= 11 is -2.86. The molecule has 8 nitrogen and oxygen atoms in total. The molecule has 0 aromatic heterocycles. The molecule has 0 fully saturated rings. The molecule has 0 aliphatic heterocycles. The highest BCUT2D eigenvalue weighted by Crippen LogP contribution is 2.26. The van der Waals surface area contributed by atoms with Crippen LogP contribution in [0.1, 0.15) is 6.42 Å². The lowest BCUT2D eigenvalue weighted by molar-refractivity contribution is -0.130. The second-order valence-corrected chi connectivity index (χ2v) is 8.57. The number of rotatable bonds is 7. The van der Waals surface area contributed by atoms with E-state index < -0.39 is 38.8 Å². The molecule has 0 saturated carbocycles. The minimum absolute atomic E-state index is 0.189. The molecule has 25 heavy (non-hydrogen) atoms. The van der Waals surface area contributed by atoms with Crippen molar-refractivity contribution in [2.24, 2.45) is 0 Å². The minimum atomic E-state index is -3.43. The molecule has 1 amide bonds. The van der Waals surface area contributed by atoms with E-state index in [1.807, 2.05) is 12.1 Å². The number of carbonyl (C=O) groups is 1. The van der Waals surface area contributed by atoms with Crippen molar-refractivity contribution in [3.05, 3.63) is 42.5 Å². The van der Waals surface area contributed by atoms with Crippen LogP contribution in [0.5, 0.6) is 0 Å². The van der Waals surface area contributed by atoms with Crippen molar-refractivity contribution in [1.29, 1.82) is 0 Å². The molecular formula is C15H17N2O6S2-. The maximum absolute atomic E-state index is 11.9. The summed E-state index contributed by atoms with van der Waals surface area (Å²) in [6.07, 6.45) is 0.682. The normalized spacial score (nSPS) is 14.0. The fourth-order valence-corrected chi connectivity index (χ4v) is 3.78. The molecule has 0 radical (unpaired) electrons. The molecular weight excluding hydrogens is 368 g/mol. The van der Waals surface area contributed by atoms with Gasteiger partial charge in [-0.1, -0.05) is 30.3 Å². The molecule has 136 valence electrons. The van der Waals surface area contributed by atoms with E-state index in [4.69, 9.17) is 5.21 Å². The van der Waals surface area contributed by atoms with Gasteiger partial charge in [0.2, 0.25) is 0 Å². The Morgan fingerprint density at radius 1 is 1.28 bits per heavy atom. The first kappa shape index (κ1) is 19.3. The zero-order valence-electron chi connectivity index (χ0n) is 13.3. The summed E-state index contributed by atoms with van der Waals surface area (Å²) in [4.78, 5) is 11.9. The van der Waals surface area contributed by atoms with Crippen LogP contribution in [0.2, 0.25) is 0 Å². The number of hydrogen-bond donors (Lipinski definition) is 2. The van der Waals surface area contributed by atoms with E-state index in [2.05, 4.69) is 0 Å². The molecule has 0 aliphatic carbocycles. The number of nitrogens with zero attached hydrogens (tertiary/aromatic N) is 1. The summed E-state index contributed by atoms with van der Waals surface area (Å²) in [5, 5.41) is 10.5. The number of fused-ring (bicyclic) bond motifs is 1. The van der Waals surface area contributed by atoms with Gasteiger partial charge in [-0.15, -0.1) is 0 Å². The van der Waals surface area contributed by atoms with E-state index >= 15 is 0 Å². The van der Waals surface area contributed by atoms with Gasteiger partial charge in [-0.05, 0) is 29.3 Å². The molecule has 0 aliphatic rings. The first-order valence-corrected chi connectivity index (χ1v) is 10.3. The van der Waals surface area contributed by atoms with Gasteiger partial charge in [0, 0.05) is 23.2 Å². The summed E-state index contributed by atoms with van der Waals surface area (Å²) in [5.74, 6) is -1.42. The topological polar surface area (TPSA) is 127 Å². The Hall–Kier alpha value is -2.01. The number of amides is 1. The van der Waals surface area contributed by atoms with Crippen molar-refractivity contribution in [2.45, 2.75) is 12.5 Å². The maximum atomic E-state index is 11.9. The predicted octanol–water partition coefficient (Wildman–Crippen LogP) is 0.749. The Kier molecular flexibility index (Phi) is 6.11. The highest BCUT2D eigenvalue weighted by molar-refractivity contribution is 7.90. The molecule has 2 aromatic carbocycles. The molecule has 0 bridgehead atoms. The van der Waals surface area contributed by atoms with Gasteiger partial charge < -0.3 is 4.55 Å². The lowest BCUT2D eigenvalue weighted by Crippen LogP contribution is -2.48. The second-order valence-electron chi connectivity index (χ2n) is 5.48. The zero-order chi connectivity index (χ0) is 18.6. The van der Waals surface area contributed by atoms with Gasteiger partial charge in [0.05, 0.1) is 5.75 Å². The van der Waals surface area contributed by atoms with Crippen LogP contribution in [0, 0.1) is 0 Å². The Balaban J connectivity index is 2.46. The van der Waals surface area contributed by atoms with Crippen LogP contribution >= 0.6 is 0 Å². The molecule has 10 heteroatoms. The van der Waals surface area contributed by atoms with Crippen LogP contribution < -0.4 is 9.79 Å². The highest BCUT2D eigenvalue weighted by Gasteiger charge is 2.28. The lowest BCUT2D eigenvalue weighted by Gasteiger charge is -2.33. The third kappa shape index (κ3) is 4.98. The minimum Gasteiger partial charge on any atom is -0.755 e. The van der Waals surface area contributed by atoms with Gasteiger partial charge in [-0.25, -0.2) is 13.9 Å². The van der Waals surface area contributed by atoms with Gasteiger partial charge in [0.1, 0.15) is 15.9 Å². The van der Waals surface area contributed by atoms with E-state index in [1.54, 1.807) is 24.3 Å². The smallest absolute Gasteiger partial charge is 0.267 e. The Morgan fingerprint density at radius 2 is 1.92 bits per heavy atom. The maximum Gasteiger partial charge on any atom is 0.267 e. The van der Waals surface area contributed by atoms with Gasteiger partial charge in [0.15, 0.2) is 0 Å². The van der Waals surface area contributed by atoms with Crippen molar-refractivity contribution in [3.8, 4) is 0 Å². The predicted molar refractivity (Wildman–Crippen MR) is 93.4 cm³/mol. The van der Waals surface area contributed by atoms with Gasteiger partial charge in [0.25, 0.3) is 5.91 Å². The third-order valence-electron chi connectivity index (χ3n) is 3.61. The van der Waals surface area contributed by atoms with Crippen LogP contribution in [0.4, 0.5) is 5.69 Å². The van der Waals surface area contributed by atoms with Crippen molar-refractivity contribution in [1.82, 2.24) is 5.48 Å². The van der Waals surface area contributed by atoms with E-state index in [0.29, 0.717) is 0 Å². The van der Waals surface area contributed by atoms with E-state index in [-0.39, 0.29) is 12.1 Å². The monoisotopic (exact) mass is 385 g/mol.